The molecule has 0 radical (unpaired) electrons. The topological polar surface area (TPSA) is 56.7 Å². The van der Waals surface area contributed by atoms with Crippen LogP contribution in [-0.2, 0) is 25.9 Å². The molecule has 0 spiro atoms. The first-order valence-electron chi connectivity index (χ1n) is 7.54. The molecule has 0 bridgehead atoms. The van der Waals surface area contributed by atoms with Crippen LogP contribution in [0.15, 0.2) is 47.8 Å². The molecule has 0 fully saturated rings. The quantitative estimate of drug-likeness (QED) is 0.729. The van der Waals surface area contributed by atoms with Gasteiger partial charge in [0.25, 0.3) is 0 Å². The van der Waals surface area contributed by atoms with Crippen molar-refractivity contribution in [3.8, 4) is 0 Å². The lowest BCUT2D eigenvalue weighted by molar-refractivity contribution is 0.542. The Hall–Kier alpha value is -1.98. The normalized spacial score (nSPS) is 11.0. The van der Waals surface area contributed by atoms with E-state index in [1.165, 1.54) is 10.4 Å². The average molecular weight is 312 g/mol. The Labute approximate surface area is 134 Å². The smallest absolute Gasteiger partial charge is 0.0998 e. The number of rotatable bonds is 7. The first kappa shape index (κ1) is 14.9. The molecule has 0 aliphatic heterocycles. The minimum atomic E-state index is 0.444. The third-order valence-electron chi connectivity index (χ3n) is 3.71. The Morgan fingerprint density at radius 2 is 1.95 bits per heavy atom. The molecule has 3 aromatic rings. The van der Waals surface area contributed by atoms with Crippen molar-refractivity contribution in [3.63, 3.8) is 0 Å². The van der Waals surface area contributed by atoms with Crippen LogP contribution >= 0.6 is 11.3 Å². The van der Waals surface area contributed by atoms with Crippen LogP contribution in [0, 0.1) is 0 Å². The molecule has 0 amide bonds. The van der Waals surface area contributed by atoms with E-state index in [1.54, 1.807) is 11.3 Å². The number of hydrogen-bond donors (Lipinski definition) is 1. The minimum absolute atomic E-state index is 0.444. The van der Waals surface area contributed by atoms with E-state index in [-0.39, 0.29) is 0 Å². The highest BCUT2D eigenvalue weighted by Gasteiger charge is 2.12. The summed E-state index contributed by atoms with van der Waals surface area (Å²) in [6.07, 6.45) is 2.97. The van der Waals surface area contributed by atoms with Crippen LogP contribution in [0.5, 0.6) is 0 Å². The lowest BCUT2D eigenvalue weighted by atomic mass is 10.1. The summed E-state index contributed by atoms with van der Waals surface area (Å²) in [5, 5.41) is 10.6. The summed E-state index contributed by atoms with van der Waals surface area (Å²) in [6.45, 7) is 1.32. The molecule has 3 rings (SSSR count). The zero-order valence-corrected chi connectivity index (χ0v) is 13.3. The maximum Gasteiger partial charge on any atom is 0.0998 e. The molecule has 114 valence electrons. The molecule has 2 heterocycles. The Kier molecular flexibility index (Phi) is 4.98. The summed E-state index contributed by atoms with van der Waals surface area (Å²) in [6, 6.07) is 14.8. The van der Waals surface area contributed by atoms with Gasteiger partial charge in [0.2, 0.25) is 0 Å². The number of aromatic nitrogens is 3. The summed E-state index contributed by atoms with van der Waals surface area (Å²) in [4.78, 5) is 1.32. The molecule has 0 atom stereocenters. The Bertz CT molecular complexity index is 689. The molecule has 2 N–H and O–H groups in total. The van der Waals surface area contributed by atoms with Gasteiger partial charge in [-0.15, -0.1) is 16.4 Å². The van der Waals surface area contributed by atoms with Crippen molar-refractivity contribution < 1.29 is 0 Å². The fourth-order valence-corrected chi connectivity index (χ4v) is 3.27. The summed E-state index contributed by atoms with van der Waals surface area (Å²) in [7, 11) is 0. The maximum atomic E-state index is 5.80. The number of benzene rings is 1. The fourth-order valence-electron chi connectivity index (χ4n) is 2.56. The van der Waals surface area contributed by atoms with E-state index in [2.05, 4.69) is 52.1 Å². The van der Waals surface area contributed by atoms with E-state index < -0.39 is 0 Å². The standard InChI is InChI=1S/C17H20N4S/c18-13-16-17(12-15-9-5-11-22-15)21(20-19-16)10-4-8-14-6-2-1-3-7-14/h1-3,5-7,9,11H,4,8,10,12-13,18H2. The molecule has 0 aliphatic rings. The van der Waals surface area contributed by atoms with Crippen LogP contribution in [-0.4, -0.2) is 15.0 Å². The van der Waals surface area contributed by atoms with Gasteiger partial charge in [0.05, 0.1) is 11.4 Å². The maximum absolute atomic E-state index is 5.80. The molecule has 4 nitrogen and oxygen atoms in total. The number of aryl methyl sites for hydroxylation is 2. The van der Waals surface area contributed by atoms with Crippen molar-refractivity contribution in [2.24, 2.45) is 5.73 Å². The van der Waals surface area contributed by atoms with Crippen LogP contribution in [0.25, 0.3) is 0 Å². The second-order valence-electron chi connectivity index (χ2n) is 5.26. The Morgan fingerprint density at radius 1 is 1.09 bits per heavy atom. The van der Waals surface area contributed by atoms with Gasteiger partial charge in [0.15, 0.2) is 0 Å². The van der Waals surface area contributed by atoms with Crippen molar-refractivity contribution in [1.82, 2.24) is 15.0 Å². The fraction of sp³-hybridized carbons (Fsp3) is 0.294. The third kappa shape index (κ3) is 3.61. The first-order valence-corrected chi connectivity index (χ1v) is 8.42. The van der Waals surface area contributed by atoms with E-state index >= 15 is 0 Å². The van der Waals surface area contributed by atoms with E-state index in [0.717, 1.165) is 37.2 Å². The van der Waals surface area contributed by atoms with Crippen molar-refractivity contribution in [2.45, 2.75) is 32.4 Å². The predicted octanol–water partition coefficient (Wildman–Crippen LogP) is 3.02. The zero-order chi connectivity index (χ0) is 15.2. The molecule has 0 aliphatic carbocycles. The molecular weight excluding hydrogens is 292 g/mol. The van der Waals surface area contributed by atoms with Crippen molar-refractivity contribution in [2.75, 3.05) is 0 Å². The van der Waals surface area contributed by atoms with Gasteiger partial charge in [0.1, 0.15) is 0 Å². The summed E-state index contributed by atoms with van der Waals surface area (Å²) in [5.41, 5.74) is 9.22. The van der Waals surface area contributed by atoms with Gasteiger partial charge < -0.3 is 5.73 Å². The first-order chi connectivity index (χ1) is 10.9. The van der Waals surface area contributed by atoms with Crippen LogP contribution in [0.2, 0.25) is 0 Å². The van der Waals surface area contributed by atoms with Gasteiger partial charge >= 0.3 is 0 Å². The van der Waals surface area contributed by atoms with Crippen molar-refractivity contribution in [1.29, 1.82) is 0 Å². The Morgan fingerprint density at radius 3 is 2.68 bits per heavy atom. The van der Waals surface area contributed by atoms with Crippen LogP contribution in [0.1, 0.15) is 28.2 Å². The number of nitrogens with two attached hydrogens (primary N) is 1. The molecular formula is C17H20N4S. The van der Waals surface area contributed by atoms with Gasteiger partial charge in [-0.25, -0.2) is 4.68 Å². The summed E-state index contributed by atoms with van der Waals surface area (Å²) in [5.74, 6) is 0. The highest BCUT2D eigenvalue weighted by Crippen LogP contribution is 2.17. The van der Waals surface area contributed by atoms with Gasteiger partial charge in [-0.3, -0.25) is 0 Å². The lowest BCUT2D eigenvalue weighted by Gasteiger charge is -2.07. The van der Waals surface area contributed by atoms with E-state index in [4.69, 9.17) is 5.73 Å². The SMILES string of the molecule is NCc1nnn(CCCc2ccccc2)c1Cc1cccs1. The van der Waals surface area contributed by atoms with E-state index in [1.807, 2.05) is 10.7 Å². The van der Waals surface area contributed by atoms with Crippen molar-refractivity contribution >= 4 is 11.3 Å². The zero-order valence-electron chi connectivity index (χ0n) is 12.5. The number of hydrogen-bond acceptors (Lipinski definition) is 4. The second-order valence-corrected chi connectivity index (χ2v) is 6.29. The molecule has 1 aromatic carbocycles. The van der Waals surface area contributed by atoms with Crippen LogP contribution < -0.4 is 5.73 Å². The van der Waals surface area contributed by atoms with E-state index in [9.17, 15) is 0 Å². The van der Waals surface area contributed by atoms with Gasteiger partial charge in [0, 0.05) is 24.4 Å². The molecule has 22 heavy (non-hydrogen) atoms. The van der Waals surface area contributed by atoms with Gasteiger partial charge in [-0.1, -0.05) is 41.6 Å². The largest absolute Gasteiger partial charge is 0.325 e. The minimum Gasteiger partial charge on any atom is -0.325 e. The second kappa shape index (κ2) is 7.33. The lowest BCUT2D eigenvalue weighted by Crippen LogP contribution is -2.09. The Balaban J connectivity index is 1.66. The van der Waals surface area contributed by atoms with Crippen molar-refractivity contribution in [3.05, 3.63) is 69.7 Å². The third-order valence-corrected chi connectivity index (χ3v) is 4.59. The predicted molar refractivity (Wildman–Crippen MR) is 89.8 cm³/mol. The average Bonchev–Trinajstić information content (AvgIpc) is 3.19. The van der Waals surface area contributed by atoms with Gasteiger partial charge in [-0.05, 0) is 29.9 Å². The molecule has 0 unspecified atom stereocenters. The van der Waals surface area contributed by atoms with Gasteiger partial charge in [-0.2, -0.15) is 0 Å². The summed E-state index contributed by atoms with van der Waals surface area (Å²) < 4.78 is 2.02. The molecule has 5 heteroatoms. The molecule has 0 saturated carbocycles. The van der Waals surface area contributed by atoms with Crippen LogP contribution in [0.4, 0.5) is 0 Å². The molecule has 2 aromatic heterocycles. The van der Waals surface area contributed by atoms with E-state index in [0.29, 0.717) is 6.54 Å². The highest BCUT2D eigenvalue weighted by atomic mass is 32.1. The van der Waals surface area contributed by atoms with Crippen LogP contribution in [0.3, 0.4) is 0 Å². The highest BCUT2D eigenvalue weighted by molar-refractivity contribution is 7.09. The molecule has 0 saturated heterocycles. The number of nitrogens with zero attached hydrogens (tertiary/aromatic N) is 3. The number of thiophene rings is 1. The summed E-state index contributed by atoms with van der Waals surface area (Å²) >= 11 is 1.76. The monoisotopic (exact) mass is 312 g/mol.